The van der Waals surface area contributed by atoms with Crippen molar-refractivity contribution < 1.29 is 4.74 Å². The van der Waals surface area contributed by atoms with Gasteiger partial charge in [0.15, 0.2) is 0 Å². The van der Waals surface area contributed by atoms with E-state index in [1.807, 2.05) is 13.1 Å². The average molecular weight is 180 g/mol. The van der Waals surface area contributed by atoms with Gasteiger partial charge >= 0.3 is 0 Å². The largest absolute Gasteiger partial charge is 0.379 e. The molecule has 0 bridgehead atoms. The molecule has 13 heavy (non-hydrogen) atoms. The van der Waals surface area contributed by atoms with Gasteiger partial charge in [-0.15, -0.1) is 0 Å². The smallest absolute Gasteiger partial charge is 0.105 e. The molecule has 1 aromatic rings. The Hall–Kier alpha value is -0.830. The summed E-state index contributed by atoms with van der Waals surface area (Å²) in [4.78, 5) is 4.24. The van der Waals surface area contributed by atoms with Gasteiger partial charge in [-0.25, -0.2) is 4.98 Å². The Morgan fingerprint density at radius 3 is 3.00 bits per heavy atom. The lowest BCUT2D eigenvalue weighted by Gasteiger charge is -2.20. The molecule has 0 N–H and O–H groups in total. The van der Waals surface area contributed by atoms with Crippen molar-refractivity contribution in [2.75, 3.05) is 7.11 Å². The second kappa shape index (κ2) is 3.50. The molecule has 1 aliphatic carbocycles. The minimum atomic E-state index is 0.382. The molecule has 1 aliphatic rings. The fraction of sp³-hybridized carbons (Fsp3) is 0.700. The summed E-state index contributed by atoms with van der Waals surface area (Å²) < 4.78 is 7.69. The predicted octanol–water partition coefficient (Wildman–Crippen LogP) is 1.93. The molecule has 2 atom stereocenters. The van der Waals surface area contributed by atoms with Crippen LogP contribution in [-0.4, -0.2) is 22.8 Å². The van der Waals surface area contributed by atoms with Gasteiger partial charge in [-0.1, -0.05) is 0 Å². The molecule has 1 aromatic heterocycles. The summed E-state index contributed by atoms with van der Waals surface area (Å²) in [7, 11) is 1.80. The summed E-state index contributed by atoms with van der Waals surface area (Å²) in [5.41, 5.74) is 0. The van der Waals surface area contributed by atoms with Crippen molar-refractivity contribution >= 4 is 0 Å². The lowest BCUT2D eigenvalue weighted by Crippen LogP contribution is -2.20. The number of ether oxygens (including phenoxy) is 1. The molecule has 0 amide bonds. The third-order valence-electron chi connectivity index (χ3n) is 2.94. The predicted molar refractivity (Wildman–Crippen MR) is 50.6 cm³/mol. The van der Waals surface area contributed by atoms with E-state index in [0.29, 0.717) is 12.1 Å². The molecular formula is C10H16N2O. The van der Waals surface area contributed by atoms with Crippen LogP contribution in [0.2, 0.25) is 0 Å². The first-order chi connectivity index (χ1) is 6.33. The molecule has 0 spiro atoms. The number of aromatic nitrogens is 2. The van der Waals surface area contributed by atoms with Crippen LogP contribution in [0.4, 0.5) is 0 Å². The van der Waals surface area contributed by atoms with Crippen molar-refractivity contribution in [3.8, 4) is 0 Å². The maximum Gasteiger partial charge on any atom is 0.105 e. The van der Waals surface area contributed by atoms with E-state index in [1.165, 1.54) is 19.3 Å². The Kier molecular flexibility index (Phi) is 2.36. The van der Waals surface area contributed by atoms with Crippen LogP contribution in [0.3, 0.4) is 0 Å². The van der Waals surface area contributed by atoms with Gasteiger partial charge in [0.2, 0.25) is 0 Å². The fourth-order valence-electron chi connectivity index (χ4n) is 2.24. The van der Waals surface area contributed by atoms with Gasteiger partial charge in [0.1, 0.15) is 5.82 Å². The van der Waals surface area contributed by atoms with E-state index < -0.39 is 0 Å². The molecule has 3 heteroatoms. The van der Waals surface area contributed by atoms with Gasteiger partial charge < -0.3 is 9.30 Å². The Labute approximate surface area is 78.7 Å². The normalized spacial score (nSPS) is 28.2. The number of rotatable bonds is 2. The average Bonchev–Trinajstić information content (AvgIpc) is 2.71. The maximum absolute atomic E-state index is 5.45. The third kappa shape index (κ3) is 1.48. The molecule has 0 aromatic carbocycles. The lowest BCUT2D eigenvalue weighted by atomic mass is 10.2. The number of methoxy groups -OCH3 is 1. The number of hydrogen-bond acceptors (Lipinski definition) is 2. The monoisotopic (exact) mass is 180 g/mol. The van der Waals surface area contributed by atoms with Gasteiger partial charge in [0, 0.05) is 19.5 Å². The van der Waals surface area contributed by atoms with E-state index in [4.69, 9.17) is 4.74 Å². The lowest BCUT2D eigenvalue weighted by molar-refractivity contribution is 0.0743. The van der Waals surface area contributed by atoms with Crippen molar-refractivity contribution in [1.29, 1.82) is 0 Å². The molecule has 1 saturated carbocycles. The zero-order valence-electron chi connectivity index (χ0n) is 8.23. The van der Waals surface area contributed by atoms with Gasteiger partial charge in [-0.3, -0.25) is 0 Å². The van der Waals surface area contributed by atoms with E-state index in [1.54, 1.807) is 7.11 Å². The molecule has 2 unspecified atom stereocenters. The minimum Gasteiger partial charge on any atom is -0.379 e. The van der Waals surface area contributed by atoms with Crippen molar-refractivity contribution in [1.82, 2.24) is 9.55 Å². The summed E-state index contributed by atoms with van der Waals surface area (Å²) in [5, 5.41) is 0. The topological polar surface area (TPSA) is 27.1 Å². The summed E-state index contributed by atoms with van der Waals surface area (Å²) in [6.45, 7) is 2.05. The first-order valence-corrected chi connectivity index (χ1v) is 4.85. The van der Waals surface area contributed by atoms with Crippen LogP contribution in [0.15, 0.2) is 12.4 Å². The zero-order valence-corrected chi connectivity index (χ0v) is 8.23. The molecule has 72 valence electrons. The van der Waals surface area contributed by atoms with Crippen molar-refractivity contribution in [3.63, 3.8) is 0 Å². The maximum atomic E-state index is 5.45. The highest BCUT2D eigenvalue weighted by Gasteiger charge is 2.28. The SMILES string of the molecule is COC1CCCC1n1ccnc1C. The molecule has 0 aliphatic heterocycles. The van der Waals surface area contributed by atoms with Crippen LogP contribution in [0.25, 0.3) is 0 Å². The molecule has 3 nitrogen and oxygen atoms in total. The Bertz CT molecular complexity index is 282. The van der Waals surface area contributed by atoms with Gasteiger partial charge in [0.05, 0.1) is 12.1 Å². The van der Waals surface area contributed by atoms with Crippen LogP contribution in [-0.2, 0) is 4.74 Å². The number of aryl methyl sites for hydroxylation is 1. The minimum absolute atomic E-state index is 0.382. The molecule has 0 saturated heterocycles. The highest BCUT2D eigenvalue weighted by molar-refractivity contribution is 4.96. The standard InChI is InChI=1S/C10H16N2O/c1-8-11-6-7-12(8)9-4-3-5-10(9)13-2/h6-7,9-10H,3-5H2,1-2H3. The van der Waals surface area contributed by atoms with Crippen molar-refractivity contribution in [3.05, 3.63) is 18.2 Å². The van der Waals surface area contributed by atoms with E-state index >= 15 is 0 Å². The van der Waals surface area contributed by atoms with E-state index in [-0.39, 0.29) is 0 Å². The van der Waals surface area contributed by atoms with E-state index in [0.717, 1.165) is 5.82 Å². The first-order valence-electron chi connectivity index (χ1n) is 4.85. The highest BCUT2D eigenvalue weighted by Crippen LogP contribution is 2.32. The van der Waals surface area contributed by atoms with Gasteiger partial charge in [0.25, 0.3) is 0 Å². The zero-order chi connectivity index (χ0) is 9.26. The van der Waals surface area contributed by atoms with Crippen LogP contribution in [0, 0.1) is 6.92 Å². The molecule has 2 rings (SSSR count). The Morgan fingerprint density at radius 1 is 1.54 bits per heavy atom. The fourth-order valence-corrected chi connectivity index (χ4v) is 2.24. The highest BCUT2D eigenvalue weighted by atomic mass is 16.5. The molecule has 0 radical (unpaired) electrons. The number of imidazole rings is 1. The van der Waals surface area contributed by atoms with E-state index in [9.17, 15) is 0 Å². The van der Waals surface area contributed by atoms with E-state index in [2.05, 4.69) is 15.7 Å². The second-order valence-electron chi connectivity index (χ2n) is 3.65. The second-order valence-corrected chi connectivity index (χ2v) is 3.65. The summed E-state index contributed by atoms with van der Waals surface area (Å²) >= 11 is 0. The summed E-state index contributed by atoms with van der Waals surface area (Å²) in [6, 6.07) is 0.507. The Morgan fingerprint density at radius 2 is 2.38 bits per heavy atom. The first kappa shape index (κ1) is 8.75. The Balaban J connectivity index is 2.20. The summed E-state index contributed by atoms with van der Waals surface area (Å²) in [5.74, 6) is 1.09. The van der Waals surface area contributed by atoms with Crippen LogP contribution >= 0.6 is 0 Å². The third-order valence-corrected chi connectivity index (χ3v) is 2.94. The van der Waals surface area contributed by atoms with Crippen LogP contribution in [0.5, 0.6) is 0 Å². The van der Waals surface area contributed by atoms with Crippen LogP contribution in [0.1, 0.15) is 31.1 Å². The molecule has 1 heterocycles. The molecular weight excluding hydrogens is 164 g/mol. The number of nitrogens with zero attached hydrogens (tertiary/aromatic N) is 2. The number of hydrogen-bond donors (Lipinski definition) is 0. The quantitative estimate of drug-likeness (QED) is 0.695. The molecule has 1 fully saturated rings. The van der Waals surface area contributed by atoms with Crippen molar-refractivity contribution in [2.45, 2.75) is 38.3 Å². The van der Waals surface area contributed by atoms with Crippen LogP contribution < -0.4 is 0 Å². The van der Waals surface area contributed by atoms with Gasteiger partial charge in [-0.05, 0) is 26.2 Å². The summed E-state index contributed by atoms with van der Waals surface area (Å²) in [6.07, 6.45) is 7.96. The van der Waals surface area contributed by atoms with Gasteiger partial charge in [-0.2, -0.15) is 0 Å². The van der Waals surface area contributed by atoms with Crippen molar-refractivity contribution in [2.24, 2.45) is 0 Å².